The van der Waals surface area contributed by atoms with Crippen molar-refractivity contribution in [3.63, 3.8) is 0 Å². The Bertz CT molecular complexity index is 694. The molecule has 5 atom stereocenters. The van der Waals surface area contributed by atoms with Gasteiger partial charge in [0.1, 0.15) is 29.9 Å². The van der Waals surface area contributed by atoms with E-state index in [2.05, 4.69) is 0 Å². The van der Waals surface area contributed by atoms with Crippen molar-refractivity contribution in [2.75, 3.05) is 12.4 Å². The van der Waals surface area contributed by atoms with E-state index in [1.54, 1.807) is 0 Å². The smallest absolute Gasteiger partial charge is 0.132 e. The highest BCUT2D eigenvalue weighted by atomic mass is 32.2. The fourth-order valence-corrected chi connectivity index (χ4v) is 3.97. The maximum Gasteiger partial charge on any atom is 0.132 e. The van der Waals surface area contributed by atoms with Crippen molar-refractivity contribution in [2.45, 2.75) is 43.4 Å². The quantitative estimate of drug-likeness (QED) is 0.727. The van der Waals surface area contributed by atoms with E-state index in [-0.39, 0.29) is 13.2 Å². The summed E-state index contributed by atoms with van der Waals surface area (Å²) in [6, 6.07) is 14.1. The van der Waals surface area contributed by atoms with E-state index in [1.165, 1.54) is 11.8 Å². The lowest BCUT2D eigenvalue weighted by atomic mass is 10.00. The zero-order chi connectivity index (χ0) is 17.8. The van der Waals surface area contributed by atoms with Crippen LogP contribution in [0.1, 0.15) is 12.5 Å². The Kier molecular flexibility index (Phi) is 6.33. The lowest BCUT2D eigenvalue weighted by Crippen LogP contribution is -2.58. The van der Waals surface area contributed by atoms with Gasteiger partial charge in [0.2, 0.25) is 0 Å². The normalized spacial score (nSPS) is 29.8. The predicted octanol–water partition coefficient (Wildman–Crippen LogP) is 1.92. The summed E-state index contributed by atoms with van der Waals surface area (Å²) in [5, 5.41) is 32.5. The van der Waals surface area contributed by atoms with E-state index in [0.717, 1.165) is 22.1 Å². The van der Waals surface area contributed by atoms with Crippen molar-refractivity contribution < 1.29 is 24.8 Å². The Hall–Kier alpha value is -1.15. The van der Waals surface area contributed by atoms with Crippen LogP contribution in [0.3, 0.4) is 0 Å². The van der Waals surface area contributed by atoms with Gasteiger partial charge in [0.15, 0.2) is 0 Å². The summed E-state index contributed by atoms with van der Waals surface area (Å²) in [4.78, 5) is 0. The molecule has 2 aromatic carbocycles. The molecule has 5 nitrogen and oxygen atoms in total. The molecular weight excluding hydrogens is 340 g/mol. The Labute approximate surface area is 151 Å². The molecule has 1 aliphatic heterocycles. The number of fused-ring (bicyclic) bond motifs is 1. The topological polar surface area (TPSA) is 79.2 Å². The number of thioether (sulfide) groups is 1. The molecule has 2 aromatic rings. The van der Waals surface area contributed by atoms with Crippen LogP contribution in [0, 0.1) is 0 Å². The fraction of sp³-hybridized carbons (Fsp3) is 0.474. The molecule has 0 radical (unpaired) electrons. The minimum Gasteiger partial charge on any atom is -0.394 e. The number of rotatable bonds is 6. The van der Waals surface area contributed by atoms with Gasteiger partial charge in [-0.1, -0.05) is 43.3 Å². The largest absolute Gasteiger partial charge is 0.394 e. The van der Waals surface area contributed by atoms with Crippen LogP contribution in [0.4, 0.5) is 0 Å². The average Bonchev–Trinajstić information content (AvgIpc) is 2.64. The molecule has 0 spiro atoms. The second-order valence-electron chi connectivity index (χ2n) is 6.12. The molecule has 0 aromatic heterocycles. The molecule has 0 bridgehead atoms. The zero-order valence-electron chi connectivity index (χ0n) is 14.1. The second-order valence-corrected chi connectivity index (χ2v) is 7.49. The first-order valence-corrected chi connectivity index (χ1v) is 9.52. The van der Waals surface area contributed by atoms with Crippen molar-refractivity contribution in [3.05, 3.63) is 48.0 Å². The highest BCUT2D eigenvalue weighted by Crippen LogP contribution is 2.30. The summed E-state index contributed by atoms with van der Waals surface area (Å²) in [5.41, 5.74) is 0.442. The van der Waals surface area contributed by atoms with Crippen LogP contribution in [-0.4, -0.2) is 57.5 Å². The number of benzene rings is 2. The standard InChI is InChI=1S/C19H24O5S/c1-2-25-19-17(22)18(16(21)15(10-20)24-19)23-11-12-7-8-13-5-3-4-6-14(13)9-12/h3-9,15-22H,2,10-11H2,1H3/t15?,16-,17?,18+,19+/m1/s1. The van der Waals surface area contributed by atoms with Crippen molar-refractivity contribution in [1.82, 2.24) is 0 Å². The number of aliphatic hydroxyl groups excluding tert-OH is 3. The van der Waals surface area contributed by atoms with Crippen LogP contribution in [0.2, 0.25) is 0 Å². The maximum atomic E-state index is 10.5. The highest BCUT2D eigenvalue weighted by molar-refractivity contribution is 7.99. The minimum atomic E-state index is -1.07. The first-order chi connectivity index (χ1) is 12.1. The van der Waals surface area contributed by atoms with Crippen molar-refractivity contribution in [2.24, 2.45) is 0 Å². The summed E-state index contributed by atoms with van der Waals surface area (Å²) < 4.78 is 11.4. The molecule has 1 aliphatic rings. The molecule has 25 heavy (non-hydrogen) atoms. The van der Waals surface area contributed by atoms with Crippen LogP contribution in [0.15, 0.2) is 42.5 Å². The van der Waals surface area contributed by atoms with Gasteiger partial charge in [-0.05, 0) is 28.2 Å². The van der Waals surface area contributed by atoms with Crippen LogP contribution in [0.25, 0.3) is 10.8 Å². The molecule has 0 aliphatic carbocycles. The molecular formula is C19H24O5S. The van der Waals surface area contributed by atoms with E-state index >= 15 is 0 Å². The summed E-state index contributed by atoms with van der Waals surface area (Å²) >= 11 is 1.43. The van der Waals surface area contributed by atoms with Crippen LogP contribution in [-0.2, 0) is 16.1 Å². The van der Waals surface area contributed by atoms with Crippen molar-refractivity contribution in [3.8, 4) is 0 Å². The third-order valence-electron chi connectivity index (χ3n) is 4.41. The molecule has 1 saturated heterocycles. The van der Waals surface area contributed by atoms with Crippen molar-refractivity contribution >= 4 is 22.5 Å². The van der Waals surface area contributed by atoms with Gasteiger partial charge < -0.3 is 24.8 Å². The van der Waals surface area contributed by atoms with Gasteiger partial charge >= 0.3 is 0 Å². The summed E-state index contributed by atoms with van der Waals surface area (Å²) in [7, 11) is 0. The Morgan fingerprint density at radius 1 is 1.08 bits per heavy atom. The Morgan fingerprint density at radius 3 is 2.56 bits per heavy atom. The van der Waals surface area contributed by atoms with Gasteiger partial charge in [-0.3, -0.25) is 0 Å². The monoisotopic (exact) mass is 364 g/mol. The Balaban J connectivity index is 1.72. The zero-order valence-corrected chi connectivity index (χ0v) is 14.9. The lowest BCUT2D eigenvalue weighted by Gasteiger charge is -2.41. The minimum absolute atomic E-state index is 0.269. The summed E-state index contributed by atoms with van der Waals surface area (Å²) in [6.45, 7) is 1.92. The molecule has 136 valence electrons. The van der Waals surface area contributed by atoms with Crippen LogP contribution in [0.5, 0.6) is 0 Å². The average molecular weight is 364 g/mol. The Morgan fingerprint density at radius 2 is 1.84 bits per heavy atom. The molecule has 2 unspecified atom stereocenters. The van der Waals surface area contributed by atoms with Crippen LogP contribution < -0.4 is 0 Å². The van der Waals surface area contributed by atoms with Gasteiger partial charge in [0.05, 0.1) is 13.2 Å². The highest BCUT2D eigenvalue weighted by Gasteiger charge is 2.45. The third kappa shape index (κ3) is 4.16. The molecule has 1 fully saturated rings. The maximum absolute atomic E-state index is 10.5. The van der Waals surface area contributed by atoms with E-state index in [1.807, 2.05) is 49.4 Å². The van der Waals surface area contributed by atoms with Gasteiger partial charge in [-0.2, -0.15) is 0 Å². The van der Waals surface area contributed by atoms with E-state index in [0.29, 0.717) is 0 Å². The second kappa shape index (κ2) is 8.49. The number of aliphatic hydroxyl groups is 3. The van der Waals surface area contributed by atoms with E-state index < -0.39 is 29.9 Å². The van der Waals surface area contributed by atoms with E-state index in [9.17, 15) is 15.3 Å². The molecule has 0 amide bonds. The molecule has 3 N–H and O–H groups in total. The number of ether oxygens (including phenoxy) is 2. The summed E-state index contributed by atoms with van der Waals surface area (Å²) in [6.07, 6.45) is -3.59. The SMILES string of the molecule is CCS[C@@H]1OC(CO)[C@@H](O)[C@H](OCc2ccc3ccccc3c2)C1O. The molecule has 0 saturated carbocycles. The number of hydrogen-bond donors (Lipinski definition) is 3. The van der Waals surface area contributed by atoms with Gasteiger partial charge in [-0.25, -0.2) is 0 Å². The first-order valence-electron chi connectivity index (χ1n) is 8.47. The van der Waals surface area contributed by atoms with Gasteiger partial charge in [0, 0.05) is 0 Å². The third-order valence-corrected chi connectivity index (χ3v) is 5.46. The lowest BCUT2D eigenvalue weighted by molar-refractivity contribution is -0.223. The van der Waals surface area contributed by atoms with Gasteiger partial charge in [0.25, 0.3) is 0 Å². The van der Waals surface area contributed by atoms with Crippen LogP contribution >= 0.6 is 11.8 Å². The first kappa shape index (κ1) is 18.6. The molecule has 3 rings (SSSR count). The van der Waals surface area contributed by atoms with Crippen molar-refractivity contribution in [1.29, 1.82) is 0 Å². The number of hydrogen-bond acceptors (Lipinski definition) is 6. The molecule has 6 heteroatoms. The molecule has 1 heterocycles. The fourth-order valence-electron chi connectivity index (χ4n) is 3.07. The predicted molar refractivity (Wildman–Crippen MR) is 98.4 cm³/mol. The summed E-state index contributed by atoms with van der Waals surface area (Å²) in [5.74, 6) is 0.757. The van der Waals surface area contributed by atoms with Gasteiger partial charge in [-0.15, -0.1) is 11.8 Å². The van der Waals surface area contributed by atoms with E-state index in [4.69, 9.17) is 9.47 Å².